The summed E-state index contributed by atoms with van der Waals surface area (Å²) in [6, 6.07) is 7.73. The number of benzene rings is 1. The lowest BCUT2D eigenvalue weighted by molar-refractivity contribution is -0.421. The van der Waals surface area contributed by atoms with Crippen molar-refractivity contribution in [2.75, 3.05) is 31.6 Å². The summed E-state index contributed by atoms with van der Waals surface area (Å²) in [5, 5.41) is 17.3. The maximum Gasteiger partial charge on any atom is 0.349 e. The second-order valence-electron chi connectivity index (χ2n) is 4.38. The van der Waals surface area contributed by atoms with Gasteiger partial charge >= 0.3 is 5.84 Å². The summed E-state index contributed by atoms with van der Waals surface area (Å²) in [7, 11) is 1.83. The van der Waals surface area contributed by atoms with Gasteiger partial charge in [0.25, 0.3) is 0 Å². The molecule has 0 unspecified atom stereocenters. The normalized spacial score (nSPS) is 12.1. The molecule has 0 radical (unpaired) electrons. The summed E-state index contributed by atoms with van der Waals surface area (Å²) in [5.41, 5.74) is 1.82. The first-order chi connectivity index (χ1) is 10.2. The van der Waals surface area contributed by atoms with Crippen LogP contribution in [-0.2, 0) is 0 Å². The van der Waals surface area contributed by atoms with E-state index in [-0.39, 0.29) is 6.61 Å². The zero-order valence-corrected chi connectivity index (χ0v) is 12.7. The second-order valence-corrected chi connectivity index (χ2v) is 4.38. The summed E-state index contributed by atoms with van der Waals surface area (Å²) < 4.78 is 1.74. The highest BCUT2D eigenvalue weighted by atomic mass is 16.3. The number of hydrogen-bond acceptors (Lipinski definition) is 3. The van der Waals surface area contributed by atoms with Gasteiger partial charge in [-0.15, -0.1) is 0 Å². The molecule has 1 rings (SSSR count). The highest BCUT2D eigenvalue weighted by Crippen LogP contribution is 2.20. The number of likely N-dealkylation sites (N-methyl/N-ethyl adjacent to an activating group) is 1. The molecule has 1 aromatic carbocycles. The van der Waals surface area contributed by atoms with Crippen LogP contribution < -0.4 is 4.90 Å². The van der Waals surface area contributed by atoms with Crippen LogP contribution in [0.15, 0.2) is 59.9 Å². The smallest absolute Gasteiger partial charge is 0.349 e. The molecule has 1 aromatic rings. The van der Waals surface area contributed by atoms with Crippen LogP contribution >= 0.6 is 0 Å². The van der Waals surface area contributed by atoms with Crippen molar-refractivity contribution < 1.29 is 9.68 Å². The molecule has 21 heavy (non-hydrogen) atoms. The van der Waals surface area contributed by atoms with Crippen LogP contribution in [0.5, 0.6) is 0 Å². The highest BCUT2D eigenvalue weighted by molar-refractivity contribution is 5.88. The first kappa shape index (κ1) is 16.8. The Hall–Kier alpha value is -2.27. The van der Waals surface area contributed by atoms with Crippen LogP contribution in [0.1, 0.15) is 6.92 Å². The Kier molecular flexibility index (Phi) is 7.04. The lowest BCUT2D eigenvalue weighted by Gasteiger charge is -2.21. The van der Waals surface area contributed by atoms with Crippen molar-refractivity contribution in [3.8, 4) is 0 Å². The van der Waals surface area contributed by atoms with Gasteiger partial charge in [-0.3, -0.25) is 0 Å². The number of hydrogen-bond donors (Lipinski definition) is 1. The van der Waals surface area contributed by atoms with Crippen molar-refractivity contribution in [2.45, 2.75) is 6.92 Å². The zero-order valence-electron chi connectivity index (χ0n) is 12.7. The van der Waals surface area contributed by atoms with E-state index in [1.165, 1.54) is 0 Å². The van der Waals surface area contributed by atoms with Gasteiger partial charge < -0.3 is 10.0 Å². The molecule has 0 aromatic heterocycles. The number of anilines is 1. The number of azo groups is 1. The molecule has 0 fully saturated rings. The summed E-state index contributed by atoms with van der Waals surface area (Å²) in [6.07, 6.45) is 3.27. The van der Waals surface area contributed by atoms with Crippen LogP contribution in [0.3, 0.4) is 0 Å². The third-order valence-electron chi connectivity index (χ3n) is 3.05. The Bertz CT molecular complexity index is 532. The maximum absolute atomic E-state index is 9.03. The van der Waals surface area contributed by atoms with Crippen LogP contribution in [0.2, 0.25) is 0 Å². The molecule has 0 heterocycles. The minimum absolute atomic E-state index is 0.140. The number of amidine groups is 1. The minimum Gasteiger partial charge on any atom is -0.395 e. The molecule has 0 aliphatic rings. The average Bonchev–Trinajstić information content (AvgIpc) is 2.53. The predicted octanol–water partition coefficient (Wildman–Crippen LogP) is 2.96. The SMILES string of the molecule is C=CC(N=Nc1ccc(N(CC)CCO)cc1)=[N+](C)C=C. The Labute approximate surface area is 126 Å². The number of aliphatic hydroxyl groups excluding tert-OH is 1. The standard InChI is InChI=1S/C16H23N4O/c1-5-16(19(4)6-2)18-17-14-8-10-15(11-9-14)20(7-3)12-13-21/h5-6,8-11,21H,1-2,7,12-13H2,3-4H3/q+1. The molecule has 0 aliphatic carbocycles. The predicted molar refractivity (Wildman–Crippen MR) is 87.5 cm³/mol. The lowest BCUT2D eigenvalue weighted by atomic mass is 10.2. The van der Waals surface area contributed by atoms with Gasteiger partial charge in [0.15, 0.2) is 0 Å². The lowest BCUT2D eigenvalue weighted by Crippen LogP contribution is -2.25. The monoisotopic (exact) mass is 287 g/mol. The Balaban J connectivity index is 2.88. The fourth-order valence-corrected chi connectivity index (χ4v) is 1.78. The molecule has 5 heteroatoms. The highest BCUT2D eigenvalue weighted by Gasteiger charge is 2.06. The van der Waals surface area contributed by atoms with Gasteiger partial charge in [0.2, 0.25) is 0 Å². The van der Waals surface area contributed by atoms with Crippen LogP contribution in [-0.4, -0.2) is 42.3 Å². The molecular formula is C16H23N4O+. The topological polar surface area (TPSA) is 51.2 Å². The van der Waals surface area contributed by atoms with Crippen LogP contribution in [0.25, 0.3) is 0 Å². The molecule has 0 saturated carbocycles. The van der Waals surface area contributed by atoms with Crippen LogP contribution in [0.4, 0.5) is 11.4 Å². The fourth-order valence-electron chi connectivity index (χ4n) is 1.78. The largest absolute Gasteiger partial charge is 0.395 e. The van der Waals surface area contributed by atoms with Gasteiger partial charge in [0.1, 0.15) is 5.69 Å². The van der Waals surface area contributed by atoms with E-state index < -0.39 is 0 Å². The molecule has 0 atom stereocenters. The Morgan fingerprint density at radius 3 is 2.48 bits per heavy atom. The summed E-state index contributed by atoms with van der Waals surface area (Å²) in [6.45, 7) is 11.0. The van der Waals surface area contributed by atoms with Crippen molar-refractivity contribution in [3.05, 3.63) is 49.7 Å². The van der Waals surface area contributed by atoms with E-state index in [0.29, 0.717) is 12.4 Å². The van der Waals surface area contributed by atoms with Gasteiger partial charge in [-0.05, 0) is 36.3 Å². The molecular weight excluding hydrogens is 264 g/mol. The molecule has 0 aliphatic heterocycles. The summed E-state index contributed by atoms with van der Waals surface area (Å²) >= 11 is 0. The van der Waals surface area contributed by atoms with Gasteiger partial charge in [0, 0.05) is 24.9 Å². The molecule has 5 nitrogen and oxygen atoms in total. The van der Waals surface area contributed by atoms with Gasteiger partial charge in [-0.1, -0.05) is 13.2 Å². The van der Waals surface area contributed by atoms with Crippen molar-refractivity contribution in [1.82, 2.24) is 0 Å². The van der Waals surface area contributed by atoms with Gasteiger partial charge in [-0.25, -0.2) is 4.58 Å². The molecule has 0 spiro atoms. The maximum atomic E-state index is 9.03. The quantitative estimate of drug-likeness (QED) is 0.363. The fraction of sp³-hybridized carbons (Fsp3) is 0.312. The minimum atomic E-state index is 0.140. The molecule has 112 valence electrons. The van der Waals surface area contributed by atoms with E-state index in [1.54, 1.807) is 16.9 Å². The van der Waals surface area contributed by atoms with Crippen molar-refractivity contribution in [3.63, 3.8) is 0 Å². The zero-order chi connectivity index (χ0) is 15.7. The van der Waals surface area contributed by atoms with Crippen molar-refractivity contribution >= 4 is 17.2 Å². The number of rotatable bonds is 7. The first-order valence-electron chi connectivity index (χ1n) is 6.88. The summed E-state index contributed by atoms with van der Waals surface area (Å²) in [4.78, 5) is 2.09. The Morgan fingerprint density at radius 1 is 1.33 bits per heavy atom. The van der Waals surface area contributed by atoms with Crippen molar-refractivity contribution in [2.24, 2.45) is 10.2 Å². The van der Waals surface area contributed by atoms with E-state index >= 15 is 0 Å². The van der Waals surface area contributed by atoms with E-state index in [4.69, 9.17) is 5.11 Å². The second kappa shape index (κ2) is 8.81. The van der Waals surface area contributed by atoms with E-state index in [0.717, 1.165) is 17.9 Å². The first-order valence-corrected chi connectivity index (χ1v) is 6.88. The summed E-state index contributed by atoms with van der Waals surface area (Å²) in [5.74, 6) is 0.629. The average molecular weight is 287 g/mol. The van der Waals surface area contributed by atoms with Crippen molar-refractivity contribution in [1.29, 1.82) is 0 Å². The van der Waals surface area contributed by atoms with Gasteiger partial charge in [-0.2, -0.15) is 0 Å². The molecule has 0 bridgehead atoms. The third-order valence-corrected chi connectivity index (χ3v) is 3.05. The van der Waals surface area contributed by atoms with Gasteiger partial charge in [0.05, 0.1) is 25.0 Å². The number of nitrogens with zero attached hydrogens (tertiary/aromatic N) is 4. The van der Waals surface area contributed by atoms with E-state index in [1.807, 2.05) is 31.3 Å². The van der Waals surface area contributed by atoms with E-state index in [2.05, 4.69) is 35.2 Å². The number of aliphatic hydroxyl groups is 1. The third kappa shape index (κ3) is 4.96. The molecule has 0 saturated heterocycles. The molecule has 1 N–H and O–H groups in total. The van der Waals surface area contributed by atoms with Crippen LogP contribution in [0, 0.1) is 0 Å². The Morgan fingerprint density at radius 2 is 2.00 bits per heavy atom. The van der Waals surface area contributed by atoms with E-state index in [9.17, 15) is 0 Å². The molecule has 0 amide bonds.